The van der Waals surface area contributed by atoms with E-state index >= 15 is 0 Å². The van der Waals surface area contributed by atoms with E-state index in [1.165, 1.54) is 5.56 Å². The number of nitrogens with zero attached hydrogens (tertiary/aromatic N) is 4. The molecule has 1 N–H and O–H groups in total. The number of nitrogens with one attached hydrogen (secondary N) is 1. The van der Waals surface area contributed by atoms with Gasteiger partial charge in [-0.25, -0.2) is 4.98 Å². The highest BCUT2D eigenvalue weighted by Crippen LogP contribution is 2.32. The van der Waals surface area contributed by atoms with Gasteiger partial charge >= 0.3 is 0 Å². The number of aryl methyl sites for hydroxylation is 1. The van der Waals surface area contributed by atoms with Gasteiger partial charge in [-0.15, -0.1) is 9.24 Å². The maximum absolute atomic E-state index is 6.82. The molecule has 31 heavy (non-hydrogen) atoms. The van der Waals surface area contributed by atoms with Crippen LogP contribution in [-0.4, -0.2) is 45.6 Å². The van der Waals surface area contributed by atoms with Gasteiger partial charge in [-0.3, -0.25) is 9.55 Å². The van der Waals surface area contributed by atoms with E-state index in [1.54, 1.807) is 12.4 Å². The molecule has 1 aliphatic heterocycles. The van der Waals surface area contributed by atoms with Crippen LogP contribution in [0, 0.1) is 13.8 Å². The summed E-state index contributed by atoms with van der Waals surface area (Å²) < 4.78 is 2.14. The number of halogens is 1. The SMILES string of the molecule is C=C(/C=C(/Cl)c1nc(-c2cccc(C)c2P)n(-c2ccncc2)c1C)N1CCNCC1. The number of hydrogen-bond donors (Lipinski definition) is 1. The highest BCUT2D eigenvalue weighted by Gasteiger charge is 2.21. The summed E-state index contributed by atoms with van der Waals surface area (Å²) in [6.45, 7) is 12.1. The third kappa shape index (κ3) is 4.45. The van der Waals surface area contributed by atoms with E-state index in [0.717, 1.165) is 65.6 Å². The van der Waals surface area contributed by atoms with Crippen LogP contribution in [0.25, 0.3) is 22.1 Å². The van der Waals surface area contributed by atoms with Gasteiger partial charge < -0.3 is 10.2 Å². The molecule has 1 atom stereocenters. The third-order valence-corrected chi connectivity index (χ3v) is 6.69. The van der Waals surface area contributed by atoms with Gasteiger partial charge in [0.25, 0.3) is 0 Å². The van der Waals surface area contributed by atoms with Crippen molar-refractivity contribution in [1.29, 1.82) is 0 Å². The van der Waals surface area contributed by atoms with Crippen molar-refractivity contribution in [2.75, 3.05) is 26.2 Å². The van der Waals surface area contributed by atoms with Gasteiger partial charge in [0.2, 0.25) is 0 Å². The number of hydrogen-bond acceptors (Lipinski definition) is 4. The first kappa shape index (κ1) is 21.8. The van der Waals surface area contributed by atoms with Crippen LogP contribution in [0.1, 0.15) is 17.0 Å². The Morgan fingerprint density at radius 2 is 1.87 bits per heavy atom. The van der Waals surface area contributed by atoms with E-state index in [9.17, 15) is 0 Å². The van der Waals surface area contributed by atoms with Gasteiger partial charge in [0, 0.05) is 55.5 Å². The fourth-order valence-electron chi connectivity index (χ4n) is 3.85. The molecule has 7 heteroatoms. The Morgan fingerprint density at radius 1 is 1.16 bits per heavy atom. The number of imidazole rings is 1. The predicted molar refractivity (Wildman–Crippen MR) is 133 cm³/mol. The Balaban J connectivity index is 1.83. The van der Waals surface area contributed by atoms with E-state index in [1.807, 2.05) is 25.1 Å². The van der Waals surface area contributed by atoms with Crippen LogP contribution >= 0.6 is 20.8 Å². The number of rotatable bonds is 5. The van der Waals surface area contributed by atoms with E-state index in [2.05, 4.69) is 60.7 Å². The maximum atomic E-state index is 6.82. The Morgan fingerprint density at radius 3 is 2.58 bits per heavy atom. The fourth-order valence-corrected chi connectivity index (χ4v) is 4.48. The van der Waals surface area contributed by atoms with Crippen molar-refractivity contribution in [3.8, 4) is 17.1 Å². The van der Waals surface area contributed by atoms with Crippen LogP contribution in [-0.2, 0) is 0 Å². The van der Waals surface area contributed by atoms with Gasteiger partial charge in [-0.05, 0) is 42.9 Å². The Labute approximate surface area is 191 Å². The highest BCUT2D eigenvalue weighted by molar-refractivity contribution is 7.28. The van der Waals surface area contributed by atoms with E-state index in [0.29, 0.717) is 5.03 Å². The second-order valence-electron chi connectivity index (χ2n) is 7.67. The minimum atomic E-state index is 0.591. The Hall–Kier alpha value is -2.46. The van der Waals surface area contributed by atoms with Crippen molar-refractivity contribution in [2.24, 2.45) is 0 Å². The third-order valence-electron chi connectivity index (χ3n) is 5.64. The molecule has 1 unspecified atom stereocenters. The van der Waals surface area contributed by atoms with E-state index < -0.39 is 0 Å². The molecule has 2 aromatic heterocycles. The largest absolute Gasteiger partial charge is 0.369 e. The molecule has 0 aliphatic carbocycles. The minimum Gasteiger partial charge on any atom is -0.369 e. The minimum absolute atomic E-state index is 0.591. The summed E-state index contributed by atoms with van der Waals surface area (Å²) in [5.74, 6) is 0.853. The van der Waals surface area contributed by atoms with E-state index in [4.69, 9.17) is 16.6 Å². The van der Waals surface area contributed by atoms with Gasteiger partial charge in [0.05, 0.1) is 10.7 Å². The normalized spacial score (nSPS) is 14.7. The molecule has 160 valence electrons. The zero-order chi connectivity index (χ0) is 22.0. The molecule has 0 saturated carbocycles. The molecule has 1 aliphatic rings. The smallest absolute Gasteiger partial charge is 0.146 e. The Bertz CT molecular complexity index is 1130. The molecule has 1 fully saturated rings. The van der Waals surface area contributed by atoms with Crippen molar-refractivity contribution >= 4 is 31.2 Å². The van der Waals surface area contributed by atoms with Crippen LogP contribution in [0.15, 0.2) is 61.1 Å². The van der Waals surface area contributed by atoms with Crippen LogP contribution in [0.4, 0.5) is 0 Å². The second-order valence-corrected chi connectivity index (χ2v) is 8.65. The highest BCUT2D eigenvalue weighted by atomic mass is 35.5. The quantitative estimate of drug-likeness (QED) is 0.469. The molecule has 1 saturated heterocycles. The second kappa shape index (κ2) is 9.35. The molecule has 5 nitrogen and oxygen atoms in total. The molecule has 4 rings (SSSR count). The molecular weight excluding hydrogens is 425 g/mol. The average molecular weight is 452 g/mol. The lowest BCUT2D eigenvalue weighted by molar-refractivity contribution is 0.308. The summed E-state index contributed by atoms with van der Waals surface area (Å²) in [5.41, 5.74) is 5.89. The van der Waals surface area contributed by atoms with Gasteiger partial charge in [-0.2, -0.15) is 0 Å². The topological polar surface area (TPSA) is 46.0 Å². The van der Waals surface area contributed by atoms with Crippen LogP contribution in [0.5, 0.6) is 0 Å². The zero-order valence-electron chi connectivity index (χ0n) is 17.9. The van der Waals surface area contributed by atoms with Gasteiger partial charge in [-0.1, -0.05) is 36.4 Å². The molecule has 0 spiro atoms. The number of benzene rings is 1. The number of pyridine rings is 1. The van der Waals surface area contributed by atoms with Crippen molar-refractivity contribution < 1.29 is 0 Å². The van der Waals surface area contributed by atoms with Crippen LogP contribution in [0.2, 0.25) is 0 Å². The predicted octanol–water partition coefficient (Wildman–Crippen LogP) is 4.05. The molecule has 0 amide bonds. The van der Waals surface area contributed by atoms with Gasteiger partial charge in [0.15, 0.2) is 0 Å². The van der Waals surface area contributed by atoms with Crippen molar-refractivity contribution in [3.63, 3.8) is 0 Å². The molecule has 0 bridgehead atoms. The van der Waals surface area contributed by atoms with Crippen LogP contribution < -0.4 is 10.6 Å². The summed E-state index contributed by atoms with van der Waals surface area (Å²) >= 11 is 6.82. The maximum Gasteiger partial charge on any atom is 0.146 e. The van der Waals surface area contributed by atoms with E-state index in [-0.39, 0.29) is 0 Å². The Kier molecular flexibility index (Phi) is 6.57. The average Bonchev–Trinajstić information content (AvgIpc) is 3.13. The first-order valence-corrected chi connectivity index (χ1v) is 11.3. The standard InChI is InChI=1S/C24H27ClN5P/c1-16-5-4-6-20(23(16)31)24-28-22(18(3)30(24)19-7-9-26-10-8-19)21(25)15-17(2)29-13-11-27-12-14-29/h4-10,15,27H,2,11-14,31H2,1,3H3/b21-15+. The molecule has 0 radical (unpaired) electrons. The summed E-state index contributed by atoms with van der Waals surface area (Å²) in [7, 11) is 2.85. The van der Waals surface area contributed by atoms with Crippen molar-refractivity contribution in [2.45, 2.75) is 13.8 Å². The molecule has 3 aromatic rings. The molecule has 1 aromatic carbocycles. The lowest BCUT2D eigenvalue weighted by Crippen LogP contribution is -2.42. The summed E-state index contributed by atoms with van der Waals surface area (Å²) in [4.78, 5) is 11.4. The molecular formula is C24H27ClN5P. The van der Waals surface area contributed by atoms with Crippen molar-refractivity contribution in [3.05, 3.63) is 78.0 Å². The van der Waals surface area contributed by atoms with Gasteiger partial charge in [0.1, 0.15) is 11.5 Å². The monoisotopic (exact) mass is 451 g/mol. The number of allylic oxidation sites excluding steroid dienone is 1. The zero-order valence-corrected chi connectivity index (χ0v) is 19.8. The fraction of sp³-hybridized carbons (Fsp3) is 0.250. The lowest BCUT2D eigenvalue weighted by Gasteiger charge is -2.29. The molecule has 3 heterocycles. The summed E-state index contributed by atoms with van der Waals surface area (Å²) in [5, 5.41) is 5.08. The summed E-state index contributed by atoms with van der Waals surface area (Å²) in [6, 6.07) is 10.2. The number of aromatic nitrogens is 3. The van der Waals surface area contributed by atoms with Crippen LogP contribution in [0.3, 0.4) is 0 Å². The van der Waals surface area contributed by atoms with Crippen molar-refractivity contribution in [1.82, 2.24) is 24.8 Å². The first-order valence-electron chi connectivity index (χ1n) is 10.3. The first-order chi connectivity index (χ1) is 15.0. The lowest BCUT2D eigenvalue weighted by atomic mass is 10.1. The summed E-state index contributed by atoms with van der Waals surface area (Å²) in [6.07, 6.45) is 5.51. The number of piperazine rings is 1.